The number of hydrogen-bond donors (Lipinski definition) is 0. The standard InChI is InChI=1S/C17H15BrN2O2/c1-21-15-5-3-2-4-12(15)13-9-22-10-14-17(13)20-8-11(18)6-7-16(20)19-14/h2-8,13H,9-10H2,1H3. The van der Waals surface area contributed by atoms with Gasteiger partial charge in [0.15, 0.2) is 0 Å². The first-order valence-electron chi connectivity index (χ1n) is 7.15. The Labute approximate surface area is 136 Å². The van der Waals surface area contributed by atoms with Gasteiger partial charge in [-0.2, -0.15) is 0 Å². The lowest BCUT2D eigenvalue weighted by Gasteiger charge is -2.24. The van der Waals surface area contributed by atoms with Crippen LogP contribution in [0.3, 0.4) is 0 Å². The Morgan fingerprint density at radius 2 is 2.14 bits per heavy atom. The average molecular weight is 359 g/mol. The monoisotopic (exact) mass is 358 g/mol. The normalized spacial score (nSPS) is 17.5. The van der Waals surface area contributed by atoms with Gasteiger partial charge in [0.2, 0.25) is 0 Å². The Morgan fingerprint density at radius 1 is 1.27 bits per heavy atom. The van der Waals surface area contributed by atoms with E-state index in [2.05, 4.69) is 32.6 Å². The summed E-state index contributed by atoms with van der Waals surface area (Å²) in [5.74, 6) is 0.998. The van der Waals surface area contributed by atoms with Gasteiger partial charge in [-0.25, -0.2) is 4.98 Å². The van der Waals surface area contributed by atoms with Gasteiger partial charge in [-0.15, -0.1) is 0 Å². The van der Waals surface area contributed by atoms with Crippen molar-refractivity contribution in [2.45, 2.75) is 12.5 Å². The van der Waals surface area contributed by atoms with Crippen LogP contribution in [0.25, 0.3) is 5.65 Å². The van der Waals surface area contributed by atoms with Crippen LogP contribution in [0.15, 0.2) is 47.1 Å². The second kappa shape index (κ2) is 5.41. The summed E-state index contributed by atoms with van der Waals surface area (Å²) in [4.78, 5) is 4.70. The fourth-order valence-corrected chi connectivity index (χ4v) is 3.44. The molecule has 0 saturated heterocycles. The smallest absolute Gasteiger partial charge is 0.137 e. The third-order valence-electron chi connectivity index (χ3n) is 4.06. The van der Waals surface area contributed by atoms with E-state index in [1.807, 2.05) is 30.3 Å². The summed E-state index contributed by atoms with van der Waals surface area (Å²) in [5.41, 5.74) is 4.26. The molecular formula is C17H15BrN2O2. The van der Waals surface area contributed by atoms with E-state index < -0.39 is 0 Å². The summed E-state index contributed by atoms with van der Waals surface area (Å²) in [6, 6.07) is 12.1. The molecule has 0 bridgehead atoms. The molecule has 4 rings (SSSR count). The van der Waals surface area contributed by atoms with Gasteiger partial charge in [0.25, 0.3) is 0 Å². The van der Waals surface area contributed by atoms with Crippen LogP contribution >= 0.6 is 15.9 Å². The van der Waals surface area contributed by atoms with E-state index in [4.69, 9.17) is 14.5 Å². The van der Waals surface area contributed by atoms with E-state index in [1.54, 1.807) is 7.11 Å². The van der Waals surface area contributed by atoms with Crippen molar-refractivity contribution in [1.82, 2.24) is 9.38 Å². The molecule has 1 aromatic carbocycles. The molecule has 3 aromatic rings. The fourth-order valence-electron chi connectivity index (χ4n) is 3.10. The second-order valence-corrected chi connectivity index (χ2v) is 6.24. The number of aromatic nitrogens is 2. The quantitative estimate of drug-likeness (QED) is 0.699. The zero-order valence-corrected chi connectivity index (χ0v) is 13.7. The highest BCUT2D eigenvalue weighted by atomic mass is 79.9. The highest BCUT2D eigenvalue weighted by molar-refractivity contribution is 9.10. The van der Waals surface area contributed by atoms with Crippen molar-refractivity contribution in [3.8, 4) is 5.75 Å². The maximum atomic E-state index is 5.78. The molecule has 4 nitrogen and oxygen atoms in total. The first-order chi connectivity index (χ1) is 10.8. The third-order valence-corrected chi connectivity index (χ3v) is 4.53. The van der Waals surface area contributed by atoms with E-state index in [0.717, 1.165) is 27.1 Å². The van der Waals surface area contributed by atoms with E-state index in [9.17, 15) is 0 Å². The number of methoxy groups -OCH3 is 1. The number of benzene rings is 1. The topological polar surface area (TPSA) is 35.8 Å². The van der Waals surface area contributed by atoms with Gasteiger partial charge in [0.1, 0.15) is 11.4 Å². The number of pyridine rings is 1. The maximum absolute atomic E-state index is 5.78. The second-order valence-electron chi connectivity index (χ2n) is 5.33. The lowest BCUT2D eigenvalue weighted by Crippen LogP contribution is -2.19. The van der Waals surface area contributed by atoms with Crippen molar-refractivity contribution in [2.24, 2.45) is 0 Å². The molecule has 2 aromatic heterocycles. The van der Waals surface area contributed by atoms with Crippen molar-refractivity contribution in [3.63, 3.8) is 0 Å². The van der Waals surface area contributed by atoms with E-state index in [0.29, 0.717) is 13.2 Å². The molecule has 0 saturated carbocycles. The summed E-state index contributed by atoms with van der Waals surface area (Å²) in [6.07, 6.45) is 2.06. The van der Waals surface area contributed by atoms with E-state index >= 15 is 0 Å². The maximum Gasteiger partial charge on any atom is 0.137 e. The molecule has 1 atom stereocenters. The van der Waals surface area contributed by atoms with Crippen LogP contribution in [0.2, 0.25) is 0 Å². The SMILES string of the molecule is COc1ccccc1C1COCc2nc3ccc(Br)cn3c21. The number of hydrogen-bond acceptors (Lipinski definition) is 3. The number of rotatable bonds is 2. The third kappa shape index (κ3) is 2.12. The van der Waals surface area contributed by atoms with E-state index in [-0.39, 0.29) is 5.92 Å². The molecule has 1 aliphatic rings. The first kappa shape index (κ1) is 13.8. The molecule has 0 N–H and O–H groups in total. The summed E-state index contributed by atoms with van der Waals surface area (Å²) in [7, 11) is 1.70. The molecule has 0 spiro atoms. The van der Waals surface area contributed by atoms with Crippen LogP contribution in [0.5, 0.6) is 5.75 Å². The summed E-state index contributed by atoms with van der Waals surface area (Å²) >= 11 is 3.54. The highest BCUT2D eigenvalue weighted by Crippen LogP contribution is 2.37. The zero-order chi connectivity index (χ0) is 15.1. The fraction of sp³-hybridized carbons (Fsp3) is 0.235. The van der Waals surface area contributed by atoms with Gasteiger partial charge in [0, 0.05) is 16.2 Å². The lowest BCUT2D eigenvalue weighted by molar-refractivity contribution is 0.0949. The van der Waals surface area contributed by atoms with Gasteiger partial charge in [-0.05, 0) is 34.1 Å². The highest BCUT2D eigenvalue weighted by Gasteiger charge is 2.29. The molecule has 0 radical (unpaired) electrons. The molecule has 112 valence electrons. The van der Waals surface area contributed by atoms with Gasteiger partial charge in [0.05, 0.1) is 37.6 Å². The van der Waals surface area contributed by atoms with Crippen LogP contribution in [0.1, 0.15) is 22.9 Å². The Hall–Kier alpha value is -1.85. The largest absolute Gasteiger partial charge is 0.496 e. The minimum Gasteiger partial charge on any atom is -0.496 e. The van der Waals surface area contributed by atoms with Gasteiger partial charge in [-0.1, -0.05) is 18.2 Å². The number of imidazole rings is 1. The number of fused-ring (bicyclic) bond motifs is 3. The molecule has 5 heteroatoms. The van der Waals surface area contributed by atoms with Crippen LogP contribution in [0, 0.1) is 0 Å². The van der Waals surface area contributed by atoms with Crippen molar-refractivity contribution < 1.29 is 9.47 Å². The Morgan fingerprint density at radius 3 is 3.00 bits per heavy atom. The van der Waals surface area contributed by atoms with Gasteiger partial charge >= 0.3 is 0 Å². The predicted octanol–water partition coefficient (Wildman–Crippen LogP) is 3.77. The number of nitrogens with zero attached hydrogens (tertiary/aromatic N) is 2. The van der Waals surface area contributed by atoms with Crippen molar-refractivity contribution in [3.05, 3.63) is 64.0 Å². The molecule has 0 fully saturated rings. The van der Waals surface area contributed by atoms with Crippen molar-refractivity contribution in [1.29, 1.82) is 0 Å². The number of para-hydroxylation sites is 1. The van der Waals surface area contributed by atoms with Gasteiger partial charge in [-0.3, -0.25) is 0 Å². The molecule has 22 heavy (non-hydrogen) atoms. The number of ether oxygens (including phenoxy) is 2. The van der Waals surface area contributed by atoms with Crippen molar-refractivity contribution >= 4 is 21.6 Å². The molecule has 1 aliphatic heterocycles. The zero-order valence-electron chi connectivity index (χ0n) is 12.1. The van der Waals surface area contributed by atoms with Crippen molar-refractivity contribution in [2.75, 3.05) is 13.7 Å². The van der Waals surface area contributed by atoms with Crippen LogP contribution < -0.4 is 4.74 Å². The Bertz CT molecular complexity index is 844. The van der Waals surface area contributed by atoms with E-state index in [1.165, 1.54) is 5.69 Å². The van der Waals surface area contributed by atoms with Crippen LogP contribution in [-0.2, 0) is 11.3 Å². The van der Waals surface area contributed by atoms with Crippen LogP contribution in [-0.4, -0.2) is 23.1 Å². The van der Waals surface area contributed by atoms with Crippen LogP contribution in [0.4, 0.5) is 0 Å². The Kier molecular flexibility index (Phi) is 3.39. The molecular weight excluding hydrogens is 344 g/mol. The summed E-state index contributed by atoms with van der Waals surface area (Å²) in [5, 5.41) is 0. The first-order valence-corrected chi connectivity index (χ1v) is 7.94. The lowest BCUT2D eigenvalue weighted by atomic mass is 9.93. The molecule has 3 heterocycles. The Balaban J connectivity index is 1.95. The minimum atomic E-state index is 0.115. The number of halogens is 1. The summed E-state index contributed by atoms with van der Waals surface area (Å²) in [6.45, 7) is 1.19. The average Bonchev–Trinajstić information content (AvgIpc) is 2.92. The van der Waals surface area contributed by atoms with Gasteiger partial charge < -0.3 is 13.9 Å². The predicted molar refractivity (Wildman–Crippen MR) is 87.4 cm³/mol. The molecule has 0 amide bonds. The minimum absolute atomic E-state index is 0.115. The molecule has 0 aliphatic carbocycles. The molecule has 1 unspecified atom stereocenters. The summed E-state index contributed by atoms with van der Waals surface area (Å²) < 4.78 is 14.5.